The Bertz CT molecular complexity index is 748. The van der Waals surface area contributed by atoms with Crippen LogP contribution in [0.2, 0.25) is 0 Å². The average molecular weight is 380 g/mol. The molecular formula is C19H29N3O3S. The van der Waals surface area contributed by atoms with Gasteiger partial charge in [0.1, 0.15) is 0 Å². The molecule has 0 aliphatic carbocycles. The number of nitrogens with zero attached hydrogens (tertiary/aromatic N) is 2. The van der Waals surface area contributed by atoms with Gasteiger partial charge in [-0.2, -0.15) is 4.31 Å². The average Bonchev–Trinajstić information content (AvgIpc) is 3.02. The molecule has 2 N–H and O–H groups in total. The van der Waals surface area contributed by atoms with E-state index in [9.17, 15) is 13.2 Å². The highest BCUT2D eigenvalue weighted by Crippen LogP contribution is 2.27. The molecule has 2 aliphatic heterocycles. The van der Waals surface area contributed by atoms with Gasteiger partial charge in [-0.1, -0.05) is 6.42 Å². The fourth-order valence-corrected chi connectivity index (χ4v) is 5.80. The van der Waals surface area contributed by atoms with Crippen molar-refractivity contribution in [3.05, 3.63) is 29.8 Å². The molecule has 0 saturated carbocycles. The molecule has 2 aliphatic rings. The Balaban J connectivity index is 1.77. The number of piperidine rings is 1. The molecule has 26 heavy (non-hydrogen) atoms. The monoisotopic (exact) mass is 379 g/mol. The van der Waals surface area contributed by atoms with Crippen molar-refractivity contribution in [3.63, 3.8) is 0 Å². The standard InChI is InChI=1S/C19H29N3O3S/c1-14-5-3-4-10-22(14)26(24,25)18-8-6-17(7-9-18)19(23)21-13-16(12-20)11-15(21)2/h6-9,14-16H,3-5,10-13,20H2,1-2H3. The second kappa shape index (κ2) is 7.66. The van der Waals surface area contributed by atoms with Crippen LogP contribution in [0.1, 0.15) is 49.9 Å². The molecule has 1 amide bonds. The molecule has 1 aromatic rings. The number of likely N-dealkylation sites (tertiary alicyclic amines) is 1. The summed E-state index contributed by atoms with van der Waals surface area (Å²) in [5.41, 5.74) is 6.27. The Morgan fingerprint density at radius 3 is 2.42 bits per heavy atom. The number of amides is 1. The molecule has 3 rings (SSSR count). The Morgan fingerprint density at radius 1 is 1.15 bits per heavy atom. The van der Waals surface area contributed by atoms with Gasteiger partial charge in [0, 0.05) is 30.7 Å². The van der Waals surface area contributed by atoms with E-state index in [2.05, 4.69) is 0 Å². The van der Waals surface area contributed by atoms with E-state index < -0.39 is 10.0 Å². The topological polar surface area (TPSA) is 83.7 Å². The van der Waals surface area contributed by atoms with Crippen LogP contribution < -0.4 is 5.73 Å². The Kier molecular flexibility index (Phi) is 5.69. The quantitative estimate of drug-likeness (QED) is 0.868. The van der Waals surface area contributed by atoms with Crippen LogP contribution in [0, 0.1) is 5.92 Å². The van der Waals surface area contributed by atoms with Gasteiger partial charge in [-0.3, -0.25) is 4.79 Å². The summed E-state index contributed by atoms with van der Waals surface area (Å²) in [6.07, 6.45) is 3.78. The molecule has 7 heteroatoms. The van der Waals surface area contributed by atoms with E-state index >= 15 is 0 Å². The zero-order chi connectivity index (χ0) is 18.9. The minimum atomic E-state index is -3.50. The molecule has 3 atom stereocenters. The number of carbonyl (C=O) groups excluding carboxylic acids is 1. The Hall–Kier alpha value is -1.44. The van der Waals surface area contributed by atoms with E-state index in [0.717, 1.165) is 25.7 Å². The van der Waals surface area contributed by atoms with Crippen molar-refractivity contribution in [2.24, 2.45) is 11.7 Å². The molecule has 2 heterocycles. The Morgan fingerprint density at radius 2 is 1.85 bits per heavy atom. The molecule has 2 fully saturated rings. The molecule has 3 unspecified atom stereocenters. The first kappa shape index (κ1) is 19.3. The van der Waals surface area contributed by atoms with Gasteiger partial charge in [0.2, 0.25) is 10.0 Å². The third-order valence-electron chi connectivity index (χ3n) is 5.71. The predicted molar refractivity (Wildman–Crippen MR) is 101 cm³/mol. The lowest BCUT2D eigenvalue weighted by atomic mass is 10.1. The van der Waals surface area contributed by atoms with Crippen LogP contribution in [0.15, 0.2) is 29.2 Å². The third kappa shape index (κ3) is 3.66. The SMILES string of the molecule is CC1CC(CN)CN1C(=O)c1ccc(S(=O)(=O)N2CCCCC2C)cc1. The zero-order valence-corrected chi connectivity index (χ0v) is 16.4. The first-order valence-electron chi connectivity index (χ1n) is 9.47. The fraction of sp³-hybridized carbons (Fsp3) is 0.632. The smallest absolute Gasteiger partial charge is 0.254 e. The number of hydrogen-bond donors (Lipinski definition) is 1. The largest absolute Gasteiger partial charge is 0.336 e. The second-order valence-corrected chi connectivity index (χ2v) is 9.52. The summed E-state index contributed by atoms with van der Waals surface area (Å²) in [4.78, 5) is 14.9. The third-order valence-corrected chi connectivity index (χ3v) is 7.73. The molecule has 0 radical (unpaired) electrons. The maximum atomic E-state index is 12.9. The maximum absolute atomic E-state index is 12.9. The molecule has 6 nitrogen and oxygen atoms in total. The van der Waals surface area contributed by atoms with Crippen molar-refractivity contribution < 1.29 is 13.2 Å². The van der Waals surface area contributed by atoms with Crippen LogP contribution in [0.3, 0.4) is 0 Å². The summed E-state index contributed by atoms with van der Waals surface area (Å²) in [7, 11) is -3.50. The van der Waals surface area contributed by atoms with E-state index in [0.29, 0.717) is 31.1 Å². The number of benzene rings is 1. The van der Waals surface area contributed by atoms with Crippen LogP contribution in [0.25, 0.3) is 0 Å². The van der Waals surface area contributed by atoms with E-state index in [1.54, 1.807) is 28.6 Å². The summed E-state index contributed by atoms with van der Waals surface area (Å²) in [5.74, 6) is 0.290. The molecular weight excluding hydrogens is 350 g/mol. The lowest BCUT2D eigenvalue weighted by Gasteiger charge is -2.32. The van der Waals surface area contributed by atoms with Crippen molar-refractivity contribution in [2.75, 3.05) is 19.6 Å². The van der Waals surface area contributed by atoms with Crippen molar-refractivity contribution in [1.82, 2.24) is 9.21 Å². The van der Waals surface area contributed by atoms with Gasteiger partial charge in [-0.15, -0.1) is 0 Å². The van der Waals surface area contributed by atoms with E-state index in [-0.39, 0.29) is 22.9 Å². The summed E-state index contributed by atoms with van der Waals surface area (Å²) in [5, 5.41) is 0. The van der Waals surface area contributed by atoms with Crippen LogP contribution >= 0.6 is 0 Å². The highest BCUT2D eigenvalue weighted by atomic mass is 32.2. The molecule has 0 bridgehead atoms. The van der Waals surface area contributed by atoms with Crippen molar-refractivity contribution in [2.45, 2.75) is 56.5 Å². The van der Waals surface area contributed by atoms with E-state index in [1.165, 1.54) is 0 Å². The van der Waals surface area contributed by atoms with Crippen LogP contribution in [0.5, 0.6) is 0 Å². The fourth-order valence-electron chi connectivity index (χ4n) is 4.10. The van der Waals surface area contributed by atoms with Gasteiger partial charge < -0.3 is 10.6 Å². The minimum Gasteiger partial charge on any atom is -0.336 e. The Labute approximate surface area is 156 Å². The van der Waals surface area contributed by atoms with Gasteiger partial charge in [0.05, 0.1) is 4.90 Å². The molecule has 2 saturated heterocycles. The predicted octanol–water partition coefficient (Wildman–Crippen LogP) is 2.06. The maximum Gasteiger partial charge on any atom is 0.254 e. The highest BCUT2D eigenvalue weighted by molar-refractivity contribution is 7.89. The van der Waals surface area contributed by atoms with Gasteiger partial charge >= 0.3 is 0 Å². The summed E-state index contributed by atoms with van der Waals surface area (Å²) < 4.78 is 27.4. The summed E-state index contributed by atoms with van der Waals surface area (Å²) >= 11 is 0. The van der Waals surface area contributed by atoms with Crippen LogP contribution in [-0.2, 0) is 10.0 Å². The molecule has 1 aromatic carbocycles. The van der Waals surface area contributed by atoms with Crippen molar-refractivity contribution >= 4 is 15.9 Å². The summed E-state index contributed by atoms with van der Waals surface area (Å²) in [6.45, 7) is 5.80. The number of hydrogen-bond acceptors (Lipinski definition) is 4. The van der Waals surface area contributed by atoms with E-state index in [4.69, 9.17) is 5.73 Å². The first-order valence-corrected chi connectivity index (χ1v) is 10.9. The molecule has 0 aromatic heterocycles. The minimum absolute atomic E-state index is 0.0219. The van der Waals surface area contributed by atoms with Crippen molar-refractivity contribution in [3.8, 4) is 0 Å². The zero-order valence-electron chi connectivity index (χ0n) is 15.6. The van der Waals surface area contributed by atoms with Crippen molar-refractivity contribution in [1.29, 1.82) is 0 Å². The van der Waals surface area contributed by atoms with E-state index in [1.807, 2.05) is 18.7 Å². The molecule has 0 spiro atoms. The number of sulfonamides is 1. The number of rotatable bonds is 4. The van der Waals surface area contributed by atoms with Gasteiger partial charge in [-0.25, -0.2) is 8.42 Å². The lowest BCUT2D eigenvalue weighted by Crippen LogP contribution is -2.41. The van der Waals surface area contributed by atoms with Gasteiger partial charge in [-0.05, 0) is 69.8 Å². The molecule has 144 valence electrons. The first-order chi connectivity index (χ1) is 12.3. The second-order valence-electron chi connectivity index (χ2n) is 7.63. The lowest BCUT2D eigenvalue weighted by molar-refractivity contribution is 0.0743. The van der Waals surface area contributed by atoms with Gasteiger partial charge in [0.15, 0.2) is 0 Å². The highest BCUT2D eigenvalue weighted by Gasteiger charge is 2.33. The normalized spacial score (nSPS) is 27.7. The summed E-state index contributed by atoms with van der Waals surface area (Å²) in [6, 6.07) is 6.57. The number of carbonyl (C=O) groups is 1. The van der Waals surface area contributed by atoms with Crippen LogP contribution in [0.4, 0.5) is 0 Å². The van der Waals surface area contributed by atoms with Gasteiger partial charge in [0.25, 0.3) is 5.91 Å². The number of nitrogens with two attached hydrogens (primary N) is 1. The van der Waals surface area contributed by atoms with Crippen LogP contribution in [-0.4, -0.2) is 55.2 Å².